The molecule has 2 aliphatic carbocycles. The molecule has 1 aliphatic heterocycles. The number of halogens is 1. The molecule has 106 valence electrons. The molecule has 20 heavy (non-hydrogen) atoms. The lowest BCUT2D eigenvalue weighted by Crippen LogP contribution is -2.41. The third-order valence-corrected chi connectivity index (χ3v) is 6.04. The van der Waals surface area contributed by atoms with Gasteiger partial charge in [0.15, 0.2) is 0 Å². The first-order chi connectivity index (χ1) is 9.75. The van der Waals surface area contributed by atoms with Gasteiger partial charge in [0.25, 0.3) is 0 Å². The molecule has 1 aromatic rings. The second-order valence-corrected chi connectivity index (χ2v) is 7.77. The van der Waals surface area contributed by atoms with Crippen LogP contribution in [0, 0.1) is 11.8 Å². The fourth-order valence-electron chi connectivity index (χ4n) is 4.24. The monoisotopic (exact) mass is 333 g/mol. The number of nitrogens with zero attached hydrogens (tertiary/aromatic N) is 1. The van der Waals surface area contributed by atoms with Crippen molar-refractivity contribution in [1.29, 1.82) is 0 Å². The van der Waals surface area contributed by atoms with Gasteiger partial charge in [0.1, 0.15) is 0 Å². The van der Waals surface area contributed by atoms with E-state index in [-0.39, 0.29) is 5.92 Å². The third kappa shape index (κ3) is 2.02. The van der Waals surface area contributed by atoms with E-state index in [2.05, 4.69) is 45.1 Å². The average molecular weight is 334 g/mol. The minimum Gasteiger partial charge on any atom is -0.341 e. The number of benzene rings is 1. The predicted molar refractivity (Wildman–Crippen MR) is 83.0 cm³/mol. The smallest absolute Gasteiger partial charge is 0.226 e. The molecule has 3 heteroatoms. The normalized spacial score (nSPS) is 35.1. The van der Waals surface area contributed by atoms with Gasteiger partial charge in [0.05, 0.1) is 0 Å². The van der Waals surface area contributed by atoms with Crippen LogP contribution in [0.3, 0.4) is 0 Å². The molecule has 4 atom stereocenters. The summed E-state index contributed by atoms with van der Waals surface area (Å²) in [5, 5.41) is 0. The summed E-state index contributed by atoms with van der Waals surface area (Å²) in [6.45, 7) is 1.86. The first-order valence-electron chi connectivity index (χ1n) is 7.76. The Morgan fingerprint density at radius 3 is 2.95 bits per heavy atom. The fraction of sp³-hybridized carbons (Fsp3) is 0.588. The number of carbonyl (C=O) groups is 1. The summed E-state index contributed by atoms with van der Waals surface area (Å²) in [5.74, 6) is 1.83. The lowest BCUT2D eigenvalue weighted by Gasteiger charge is -2.30. The van der Waals surface area contributed by atoms with Crippen molar-refractivity contribution < 1.29 is 4.79 Å². The second kappa shape index (κ2) is 4.87. The van der Waals surface area contributed by atoms with Crippen molar-refractivity contribution in [2.75, 3.05) is 13.1 Å². The number of aryl methyl sites for hydroxylation is 1. The molecule has 1 saturated carbocycles. The van der Waals surface area contributed by atoms with Crippen molar-refractivity contribution in [3.63, 3.8) is 0 Å². The van der Waals surface area contributed by atoms with Gasteiger partial charge in [-0.05, 0) is 48.6 Å². The molecule has 1 amide bonds. The van der Waals surface area contributed by atoms with E-state index >= 15 is 0 Å². The molecule has 2 fully saturated rings. The van der Waals surface area contributed by atoms with Gasteiger partial charge in [-0.1, -0.05) is 40.2 Å². The Balaban J connectivity index is 1.53. The molecule has 0 spiro atoms. The molecule has 0 aromatic heterocycles. The maximum Gasteiger partial charge on any atom is 0.226 e. The van der Waals surface area contributed by atoms with E-state index in [0.717, 1.165) is 25.9 Å². The summed E-state index contributed by atoms with van der Waals surface area (Å²) in [6.07, 6.45) is 4.69. The zero-order chi connectivity index (χ0) is 13.7. The van der Waals surface area contributed by atoms with E-state index in [1.807, 2.05) is 0 Å². The molecule has 0 N–H and O–H groups in total. The summed E-state index contributed by atoms with van der Waals surface area (Å²) >= 11 is 3.68. The molecule has 1 aromatic carbocycles. The van der Waals surface area contributed by atoms with Crippen molar-refractivity contribution >= 4 is 21.8 Å². The summed E-state index contributed by atoms with van der Waals surface area (Å²) in [7, 11) is 0. The number of hydrogen-bond acceptors (Lipinski definition) is 1. The molecule has 3 aliphatic rings. The summed E-state index contributed by atoms with van der Waals surface area (Å²) < 4.78 is 0. The van der Waals surface area contributed by atoms with Crippen molar-refractivity contribution in [3.05, 3.63) is 35.4 Å². The van der Waals surface area contributed by atoms with E-state index in [1.54, 1.807) is 0 Å². The van der Waals surface area contributed by atoms with E-state index in [1.165, 1.54) is 24.0 Å². The first kappa shape index (κ1) is 12.9. The third-order valence-electron chi connectivity index (χ3n) is 5.29. The predicted octanol–water partition coefficient (Wildman–Crippen LogP) is 3.35. The van der Waals surface area contributed by atoms with Crippen LogP contribution in [0.25, 0.3) is 0 Å². The second-order valence-electron chi connectivity index (χ2n) is 6.48. The van der Waals surface area contributed by atoms with Gasteiger partial charge in [-0.15, -0.1) is 0 Å². The van der Waals surface area contributed by atoms with Gasteiger partial charge < -0.3 is 4.90 Å². The Morgan fingerprint density at radius 1 is 1.25 bits per heavy atom. The number of hydrogen-bond donors (Lipinski definition) is 0. The highest BCUT2D eigenvalue weighted by molar-refractivity contribution is 9.09. The van der Waals surface area contributed by atoms with E-state index in [0.29, 0.717) is 22.6 Å². The number of alkyl halides is 1. The molecule has 1 saturated heterocycles. The maximum absolute atomic E-state index is 12.8. The molecule has 2 nitrogen and oxygen atoms in total. The van der Waals surface area contributed by atoms with Gasteiger partial charge in [-0.2, -0.15) is 0 Å². The number of rotatable bonds is 1. The van der Waals surface area contributed by atoms with Crippen LogP contribution in [-0.2, 0) is 11.2 Å². The highest BCUT2D eigenvalue weighted by Crippen LogP contribution is 2.60. The lowest BCUT2D eigenvalue weighted by molar-refractivity contribution is -0.133. The number of piperidine rings is 1. The van der Waals surface area contributed by atoms with Gasteiger partial charge >= 0.3 is 0 Å². The minimum atomic E-state index is 0.274. The van der Waals surface area contributed by atoms with Crippen molar-refractivity contribution in [1.82, 2.24) is 4.90 Å². The van der Waals surface area contributed by atoms with Crippen LogP contribution in [0.5, 0.6) is 0 Å². The van der Waals surface area contributed by atoms with Gasteiger partial charge in [-0.3, -0.25) is 4.79 Å². The average Bonchev–Trinajstić information content (AvgIpc) is 3.21. The van der Waals surface area contributed by atoms with Crippen LogP contribution < -0.4 is 0 Å². The van der Waals surface area contributed by atoms with Crippen LogP contribution >= 0.6 is 15.9 Å². The number of amides is 1. The molecular weight excluding hydrogens is 314 g/mol. The van der Waals surface area contributed by atoms with Crippen LogP contribution in [0.4, 0.5) is 0 Å². The minimum absolute atomic E-state index is 0.274. The number of likely N-dealkylation sites (tertiary alicyclic amines) is 1. The Bertz CT molecular complexity index is 544. The number of carbonyl (C=O) groups excluding carboxylic acids is 1. The Hall–Kier alpha value is -0.830. The van der Waals surface area contributed by atoms with Gasteiger partial charge in [0.2, 0.25) is 5.91 Å². The van der Waals surface area contributed by atoms with Crippen LogP contribution in [0.1, 0.15) is 36.3 Å². The zero-order valence-corrected chi connectivity index (χ0v) is 13.2. The van der Waals surface area contributed by atoms with Crippen molar-refractivity contribution in [3.8, 4) is 0 Å². The van der Waals surface area contributed by atoms with Crippen LogP contribution in [-0.4, -0.2) is 28.7 Å². The Labute approximate surface area is 128 Å². The largest absolute Gasteiger partial charge is 0.341 e. The summed E-state index contributed by atoms with van der Waals surface area (Å²) in [4.78, 5) is 15.4. The van der Waals surface area contributed by atoms with E-state index in [9.17, 15) is 4.79 Å². The van der Waals surface area contributed by atoms with Crippen LogP contribution in [0.2, 0.25) is 0 Å². The highest BCUT2D eigenvalue weighted by Gasteiger charge is 2.58. The zero-order valence-electron chi connectivity index (χ0n) is 11.6. The maximum atomic E-state index is 12.8. The molecule has 4 rings (SSSR count). The van der Waals surface area contributed by atoms with E-state index in [4.69, 9.17) is 0 Å². The molecule has 1 heterocycles. The molecular formula is C17H20BrNO. The SMILES string of the molecule is O=C(C1C2CCc3ccccc3C21)N1CCCC(Br)C1. The molecule has 0 bridgehead atoms. The van der Waals surface area contributed by atoms with Gasteiger partial charge in [-0.25, -0.2) is 0 Å². The molecule has 0 radical (unpaired) electrons. The van der Waals surface area contributed by atoms with Crippen LogP contribution in [0.15, 0.2) is 24.3 Å². The standard InChI is InChI=1S/C17H20BrNO/c18-12-5-3-9-19(10-12)17(20)16-14-8-7-11-4-1-2-6-13(11)15(14)16/h1-2,4,6,12,14-16H,3,5,7-10H2. The van der Waals surface area contributed by atoms with Crippen molar-refractivity contribution in [2.45, 2.75) is 36.4 Å². The Kier molecular flexibility index (Phi) is 3.13. The molecule has 4 unspecified atom stereocenters. The van der Waals surface area contributed by atoms with E-state index < -0.39 is 0 Å². The fourth-order valence-corrected chi connectivity index (χ4v) is 4.91. The lowest BCUT2D eigenvalue weighted by atomic mass is 9.92. The first-order valence-corrected chi connectivity index (χ1v) is 8.68. The highest BCUT2D eigenvalue weighted by atomic mass is 79.9. The summed E-state index contributed by atoms with van der Waals surface area (Å²) in [5.41, 5.74) is 2.93. The quantitative estimate of drug-likeness (QED) is 0.722. The topological polar surface area (TPSA) is 20.3 Å². The van der Waals surface area contributed by atoms with Gasteiger partial charge in [0, 0.05) is 23.8 Å². The van der Waals surface area contributed by atoms with Crippen molar-refractivity contribution in [2.24, 2.45) is 11.8 Å². The Morgan fingerprint density at radius 2 is 2.10 bits per heavy atom. The number of fused-ring (bicyclic) bond motifs is 3. The summed E-state index contributed by atoms with van der Waals surface area (Å²) in [6, 6.07) is 8.72.